The minimum atomic E-state index is -0.630. The summed E-state index contributed by atoms with van der Waals surface area (Å²) in [6.07, 6.45) is 3.55. The zero-order chi connectivity index (χ0) is 50.0. The minimum Gasteiger partial charge on any atom is -0.468 e. The Balaban J connectivity index is 0.00000107. The molecule has 1 aromatic heterocycles. The van der Waals surface area contributed by atoms with Crippen molar-refractivity contribution in [3.8, 4) is 0 Å². The predicted molar refractivity (Wildman–Crippen MR) is 255 cm³/mol. The number of likely N-dealkylation sites (tertiary alicyclic amines) is 1. The molecule has 6 unspecified atom stereocenters. The molecule has 2 heterocycles. The molecule has 4 N–H and O–H groups in total. The van der Waals surface area contributed by atoms with Gasteiger partial charge in [0.2, 0.25) is 17.8 Å². The number of likely N-dealkylation sites (N-methyl/N-ethyl adjacent to an activating group) is 2. The van der Waals surface area contributed by atoms with Gasteiger partial charge < -0.3 is 54.8 Å². The number of carbonyl (C=O) groups excluding carboxylic acids is 6. The zero-order valence-electron chi connectivity index (χ0n) is 42.0. The Hall–Kier alpha value is -5.20. The molecule has 1 fully saturated rings. The minimum absolute atomic E-state index is 0.00166. The van der Waals surface area contributed by atoms with E-state index in [0.29, 0.717) is 18.7 Å². The molecule has 372 valence electrons. The lowest BCUT2D eigenvalue weighted by Crippen LogP contribution is -2.53. The van der Waals surface area contributed by atoms with Crippen LogP contribution >= 0.6 is 0 Å². The van der Waals surface area contributed by atoms with E-state index in [1.807, 2.05) is 44.2 Å². The maximum Gasteiger partial charge on any atom is 0.407 e. The van der Waals surface area contributed by atoms with E-state index in [1.165, 1.54) is 19.6 Å². The molecule has 0 radical (unpaired) electrons. The first-order valence-corrected chi connectivity index (χ1v) is 22.9. The predicted octanol–water partition coefficient (Wildman–Crippen LogP) is 4.98. The standard InChI is InChI=1S/C34H57N7O8.C11H15NO2.C3H8/c1-11-21(2)29(26(47-9)18-27(43)41-16-12-13-25(41)30(48-10)22(3)20-42)40(8)28(44)19-37-32-38-23(4)17-24(39-32)31(45)35-14-15-36-33(46)49-34(5,6)7;1-12-10(11(13)14-2)8-9-6-4-3-5-7-9;1-3-2/h17,20-22,25-26,29-30H,11-16,18-19H2,1-10H3,(H,35,45)(H,36,46)(H,37,38,39);3-7,10,12H,8H2,1-2H3;3H2,1-2H3/t;10-;/m.0./s1. The average molecular weight is 929 g/mol. The number of aldehydes is 1. The first kappa shape index (κ1) is 58.8. The summed E-state index contributed by atoms with van der Waals surface area (Å²) in [4.78, 5) is 86.6. The maximum atomic E-state index is 13.7. The van der Waals surface area contributed by atoms with Crippen LogP contribution in [-0.4, -0.2) is 153 Å². The van der Waals surface area contributed by atoms with Gasteiger partial charge in [-0.15, -0.1) is 0 Å². The van der Waals surface area contributed by atoms with Gasteiger partial charge in [0.05, 0.1) is 44.4 Å². The summed E-state index contributed by atoms with van der Waals surface area (Å²) in [6.45, 7) is 17.8. The van der Waals surface area contributed by atoms with Crippen LogP contribution in [0, 0.1) is 18.8 Å². The van der Waals surface area contributed by atoms with Crippen LogP contribution in [0.1, 0.15) is 109 Å². The molecule has 18 heteroatoms. The number of hydrogen-bond acceptors (Lipinski definition) is 14. The third-order valence-corrected chi connectivity index (χ3v) is 10.8. The van der Waals surface area contributed by atoms with Crippen molar-refractivity contribution in [1.82, 2.24) is 35.7 Å². The Morgan fingerprint density at radius 1 is 0.970 bits per heavy atom. The molecular formula is C48H80N8O10. The van der Waals surface area contributed by atoms with E-state index in [0.717, 1.165) is 31.1 Å². The Kier molecular flexibility index (Phi) is 27.5. The monoisotopic (exact) mass is 929 g/mol. The van der Waals surface area contributed by atoms with E-state index in [2.05, 4.69) is 49.8 Å². The highest BCUT2D eigenvalue weighted by Crippen LogP contribution is 2.28. The Morgan fingerprint density at radius 3 is 2.15 bits per heavy atom. The number of carbonyl (C=O) groups is 6. The van der Waals surface area contributed by atoms with E-state index in [9.17, 15) is 28.8 Å². The van der Waals surface area contributed by atoms with E-state index < -0.39 is 35.9 Å². The number of aryl methyl sites for hydroxylation is 1. The van der Waals surface area contributed by atoms with Crippen molar-refractivity contribution in [3.63, 3.8) is 0 Å². The highest BCUT2D eigenvalue weighted by Gasteiger charge is 2.40. The number of rotatable bonds is 22. The van der Waals surface area contributed by atoms with Crippen molar-refractivity contribution in [2.75, 3.05) is 66.9 Å². The van der Waals surface area contributed by atoms with Crippen LogP contribution in [-0.2, 0) is 44.5 Å². The molecule has 18 nitrogen and oxygen atoms in total. The summed E-state index contributed by atoms with van der Waals surface area (Å²) in [5.41, 5.74) is 1.11. The highest BCUT2D eigenvalue weighted by atomic mass is 16.6. The van der Waals surface area contributed by atoms with Crippen molar-refractivity contribution < 1.29 is 47.7 Å². The van der Waals surface area contributed by atoms with Crippen LogP contribution < -0.4 is 21.3 Å². The summed E-state index contributed by atoms with van der Waals surface area (Å²) in [6, 6.07) is 10.5. The number of amides is 4. The van der Waals surface area contributed by atoms with Crippen molar-refractivity contribution in [1.29, 1.82) is 0 Å². The first-order chi connectivity index (χ1) is 31.2. The van der Waals surface area contributed by atoms with Gasteiger partial charge in [-0.1, -0.05) is 77.8 Å². The second kappa shape index (κ2) is 30.9. The molecule has 4 amide bonds. The second-order valence-electron chi connectivity index (χ2n) is 17.4. The lowest BCUT2D eigenvalue weighted by Gasteiger charge is -2.39. The quantitative estimate of drug-likeness (QED) is 0.0696. The number of nitrogens with one attached hydrogen (secondary N) is 4. The average Bonchev–Trinajstić information content (AvgIpc) is 3.78. The summed E-state index contributed by atoms with van der Waals surface area (Å²) >= 11 is 0. The number of methoxy groups -OCH3 is 3. The lowest BCUT2D eigenvalue weighted by molar-refractivity contribution is -0.144. The molecule has 7 atom stereocenters. The van der Waals surface area contributed by atoms with Gasteiger partial charge in [0, 0.05) is 52.5 Å². The fraction of sp³-hybridized carbons (Fsp3) is 0.667. The molecule has 0 saturated carbocycles. The summed E-state index contributed by atoms with van der Waals surface area (Å²) in [7, 11) is 7.94. The fourth-order valence-electron chi connectivity index (χ4n) is 7.37. The van der Waals surface area contributed by atoms with Crippen molar-refractivity contribution in [3.05, 3.63) is 53.3 Å². The van der Waals surface area contributed by atoms with Crippen LogP contribution in [0.3, 0.4) is 0 Å². The molecule has 1 saturated heterocycles. The topological polar surface area (TPSA) is 220 Å². The van der Waals surface area contributed by atoms with Crippen LogP contribution in [0.15, 0.2) is 36.4 Å². The van der Waals surface area contributed by atoms with Gasteiger partial charge in [-0.2, -0.15) is 0 Å². The smallest absolute Gasteiger partial charge is 0.407 e. The van der Waals surface area contributed by atoms with Crippen molar-refractivity contribution in [2.24, 2.45) is 11.8 Å². The van der Waals surface area contributed by atoms with E-state index >= 15 is 0 Å². The van der Waals surface area contributed by atoms with Gasteiger partial charge >= 0.3 is 12.1 Å². The SMILES string of the molecule is CCC.CCC(C)C(C(CC(=O)N1CCCC1C(OC)C(C)C=O)OC)N(C)C(=O)CNc1nc(C)cc(C(=O)NCCNC(=O)OC(C)(C)C)n1.CN[C@@H](Cc1ccccc1)C(=O)OC. The number of anilines is 1. The number of ether oxygens (including phenoxy) is 4. The Labute approximate surface area is 393 Å². The van der Waals surface area contributed by atoms with E-state index in [1.54, 1.807) is 72.7 Å². The third kappa shape index (κ3) is 20.5. The van der Waals surface area contributed by atoms with Crippen molar-refractivity contribution >= 4 is 42.0 Å². The maximum absolute atomic E-state index is 13.7. The van der Waals surface area contributed by atoms with Gasteiger partial charge in [-0.3, -0.25) is 19.2 Å². The van der Waals surface area contributed by atoms with Crippen LogP contribution in [0.2, 0.25) is 0 Å². The van der Waals surface area contributed by atoms with E-state index in [4.69, 9.17) is 14.2 Å². The molecule has 1 aromatic carbocycles. The molecule has 1 aliphatic heterocycles. The van der Waals surface area contributed by atoms with E-state index in [-0.39, 0.29) is 79.4 Å². The van der Waals surface area contributed by atoms with Gasteiger partial charge in [0.1, 0.15) is 23.6 Å². The normalized spacial score (nSPS) is 16.0. The number of esters is 1. The number of aromatic nitrogens is 2. The van der Waals surface area contributed by atoms with Gasteiger partial charge in [0.15, 0.2) is 0 Å². The zero-order valence-corrected chi connectivity index (χ0v) is 42.0. The molecule has 66 heavy (non-hydrogen) atoms. The Bertz CT molecular complexity index is 1780. The highest BCUT2D eigenvalue weighted by molar-refractivity contribution is 5.92. The first-order valence-electron chi connectivity index (χ1n) is 22.9. The van der Waals surface area contributed by atoms with Crippen molar-refractivity contribution in [2.45, 2.75) is 137 Å². The molecular weight excluding hydrogens is 849 g/mol. The number of nitrogens with zero attached hydrogens (tertiary/aromatic N) is 4. The van der Waals surface area contributed by atoms with Crippen LogP contribution in [0.5, 0.6) is 0 Å². The number of alkyl carbamates (subject to hydrolysis) is 1. The largest absolute Gasteiger partial charge is 0.468 e. The lowest BCUT2D eigenvalue weighted by atomic mass is 9.90. The summed E-state index contributed by atoms with van der Waals surface area (Å²) < 4.78 is 21.4. The summed E-state index contributed by atoms with van der Waals surface area (Å²) in [5.74, 6) is -1.33. The van der Waals surface area contributed by atoms with Crippen LogP contribution in [0.25, 0.3) is 0 Å². The Morgan fingerprint density at radius 2 is 1.61 bits per heavy atom. The molecule has 3 rings (SSSR count). The van der Waals surface area contributed by atoms with Gasteiger partial charge in [-0.05, 0) is 71.6 Å². The second-order valence-corrected chi connectivity index (χ2v) is 17.4. The molecule has 0 aliphatic carbocycles. The molecule has 0 spiro atoms. The molecule has 2 aromatic rings. The number of benzene rings is 1. The fourth-order valence-corrected chi connectivity index (χ4v) is 7.37. The molecule has 0 bridgehead atoms. The summed E-state index contributed by atoms with van der Waals surface area (Å²) in [5, 5.41) is 11.1. The molecule has 1 aliphatic rings. The number of hydrogen-bond donors (Lipinski definition) is 4. The van der Waals surface area contributed by atoms with Gasteiger partial charge in [0.25, 0.3) is 5.91 Å². The third-order valence-electron chi connectivity index (χ3n) is 10.8. The van der Waals surface area contributed by atoms with Gasteiger partial charge in [-0.25, -0.2) is 14.8 Å². The van der Waals surface area contributed by atoms with Crippen LogP contribution in [0.4, 0.5) is 10.7 Å².